The summed E-state index contributed by atoms with van der Waals surface area (Å²) in [5, 5.41) is 46.9. The first-order valence-electron chi connectivity index (χ1n) is 20.1. The predicted octanol–water partition coefficient (Wildman–Crippen LogP) is 10.1. The van der Waals surface area contributed by atoms with E-state index in [9.17, 15) is 26.2 Å². The lowest BCUT2D eigenvalue weighted by molar-refractivity contribution is 0.267. The Kier molecular flexibility index (Phi) is 14.7. The molecule has 0 heterocycles. The Morgan fingerprint density at radius 1 is 0.281 bits per heavy atom. The Balaban J connectivity index is 1.06. The fourth-order valence-electron chi connectivity index (χ4n) is 6.35. The van der Waals surface area contributed by atoms with Crippen molar-refractivity contribution in [3.63, 3.8) is 0 Å². The second kappa shape index (κ2) is 21.7. The molecule has 0 aliphatic heterocycles. The molecule has 0 aliphatic rings. The van der Waals surface area contributed by atoms with Crippen molar-refractivity contribution in [2.24, 2.45) is 0 Å². The van der Waals surface area contributed by atoms with Gasteiger partial charge >= 0.3 is 0 Å². The topological polar surface area (TPSA) is 171 Å². The molecule has 11 heteroatoms. The van der Waals surface area contributed by atoms with Crippen molar-refractivity contribution in [1.29, 1.82) is 21.0 Å². The Morgan fingerprint density at radius 2 is 0.484 bits per heavy atom. The van der Waals surface area contributed by atoms with Gasteiger partial charge in [-0.3, -0.25) is 0 Å². The maximum atomic E-state index is 10.2. The number of benzene rings is 7. The molecule has 7 aromatic carbocycles. The monoisotopic (exact) mass is 844 g/mol. The van der Waals surface area contributed by atoms with Crippen LogP contribution in [0.15, 0.2) is 152 Å². The zero-order valence-electron chi connectivity index (χ0n) is 34.6. The minimum Gasteiger partial charge on any atom is -0.489 e. The lowest BCUT2D eigenvalue weighted by Gasteiger charge is -2.15. The van der Waals surface area contributed by atoms with Crippen LogP contribution in [0, 0.1) is 45.3 Å². The number of aliphatic hydroxyl groups is 1. The summed E-state index contributed by atoms with van der Waals surface area (Å²) < 4.78 is 37.3. The SMILES string of the molecule is N#Cc1ccc(COc2cc(COc3cc(CO)cc(OCc4cc(OCc5ccc(C#N)cc5)cc(OCc5ccc(C#N)cc5)c4)c3)cc(OCc3ccc(C#N)cc3)c2)cc1. The van der Waals surface area contributed by atoms with Crippen molar-refractivity contribution in [3.05, 3.63) is 213 Å². The van der Waals surface area contributed by atoms with Crippen molar-refractivity contribution < 1.29 is 33.5 Å². The van der Waals surface area contributed by atoms with E-state index in [-0.39, 0.29) is 46.2 Å². The van der Waals surface area contributed by atoms with Crippen LogP contribution in [0.5, 0.6) is 34.5 Å². The first-order valence-corrected chi connectivity index (χ1v) is 20.1. The molecule has 11 nitrogen and oxygen atoms in total. The summed E-state index contributed by atoms with van der Waals surface area (Å²) in [6.07, 6.45) is 0. The van der Waals surface area contributed by atoms with E-state index in [1.807, 2.05) is 72.8 Å². The minimum absolute atomic E-state index is 0.133. The van der Waals surface area contributed by atoms with E-state index in [0.717, 1.165) is 33.4 Å². The number of hydrogen-bond donors (Lipinski definition) is 1. The quantitative estimate of drug-likeness (QED) is 0.0821. The fourth-order valence-corrected chi connectivity index (χ4v) is 6.35. The van der Waals surface area contributed by atoms with Crippen LogP contribution in [0.3, 0.4) is 0 Å². The highest BCUT2D eigenvalue weighted by atomic mass is 16.5. The van der Waals surface area contributed by atoms with Gasteiger partial charge in [0.25, 0.3) is 0 Å². The van der Waals surface area contributed by atoms with Crippen LogP contribution in [0.2, 0.25) is 0 Å². The number of aliphatic hydroxyl groups excluding tert-OH is 1. The largest absolute Gasteiger partial charge is 0.489 e. The average molecular weight is 845 g/mol. The molecule has 0 unspecified atom stereocenters. The van der Waals surface area contributed by atoms with E-state index in [2.05, 4.69) is 24.3 Å². The highest BCUT2D eigenvalue weighted by Crippen LogP contribution is 2.30. The molecule has 0 saturated carbocycles. The van der Waals surface area contributed by atoms with Gasteiger partial charge in [-0.1, -0.05) is 48.5 Å². The maximum absolute atomic E-state index is 10.2. The van der Waals surface area contributed by atoms with Gasteiger partial charge in [-0.15, -0.1) is 0 Å². The van der Waals surface area contributed by atoms with Crippen LogP contribution in [-0.2, 0) is 46.2 Å². The number of nitriles is 4. The Labute approximate surface area is 371 Å². The summed E-state index contributed by atoms with van der Waals surface area (Å²) in [6.45, 7) is 1.08. The molecule has 7 aromatic rings. The van der Waals surface area contributed by atoms with Crippen LogP contribution >= 0.6 is 0 Å². The normalized spacial score (nSPS) is 10.3. The second-order valence-electron chi connectivity index (χ2n) is 14.6. The standard InChI is InChI=1S/C53H40N4O7/c54-26-37-1-9-41(10-2-37)31-59-50-19-46(20-51(24-50)60-32-42-11-3-38(27-55)4-12-42)35-63-48-17-45(30-58)18-49(23-48)64-36-47-21-52(61-33-43-13-5-39(28-56)6-14-43)25-53(22-47)62-34-44-15-7-40(29-57)8-16-44/h1-25,58H,30-36H2. The minimum atomic E-state index is -0.244. The van der Waals surface area contributed by atoms with Crippen LogP contribution in [0.1, 0.15) is 61.2 Å². The van der Waals surface area contributed by atoms with Crippen molar-refractivity contribution in [3.8, 4) is 58.8 Å². The number of ether oxygens (including phenoxy) is 6. The molecule has 0 fully saturated rings. The van der Waals surface area contributed by atoms with Gasteiger partial charge in [0.1, 0.15) is 74.1 Å². The van der Waals surface area contributed by atoms with Gasteiger partial charge in [-0.25, -0.2) is 0 Å². The zero-order valence-corrected chi connectivity index (χ0v) is 34.6. The molecule has 0 aliphatic carbocycles. The Hall–Kier alpha value is -8.74. The Morgan fingerprint density at radius 3 is 0.688 bits per heavy atom. The second-order valence-corrected chi connectivity index (χ2v) is 14.6. The van der Waals surface area contributed by atoms with Crippen molar-refractivity contribution >= 4 is 0 Å². The van der Waals surface area contributed by atoms with Gasteiger partial charge in [-0.05, 0) is 124 Å². The summed E-state index contributed by atoms with van der Waals surface area (Å²) in [5.41, 5.74) is 7.92. The predicted molar refractivity (Wildman–Crippen MR) is 236 cm³/mol. The molecule has 0 spiro atoms. The third-order valence-electron chi connectivity index (χ3n) is 9.77. The smallest absolute Gasteiger partial charge is 0.123 e. The first kappa shape index (κ1) is 43.4. The van der Waals surface area contributed by atoms with Gasteiger partial charge in [0.15, 0.2) is 0 Å². The third kappa shape index (κ3) is 12.6. The van der Waals surface area contributed by atoms with E-state index < -0.39 is 0 Å². The summed E-state index contributed by atoms with van der Waals surface area (Å²) >= 11 is 0. The van der Waals surface area contributed by atoms with Gasteiger partial charge in [0.05, 0.1) is 53.1 Å². The van der Waals surface area contributed by atoms with Crippen LogP contribution in [-0.4, -0.2) is 5.11 Å². The number of rotatable bonds is 19. The zero-order chi connectivity index (χ0) is 44.5. The highest BCUT2D eigenvalue weighted by Gasteiger charge is 2.11. The first-order chi connectivity index (χ1) is 31.4. The molecule has 0 radical (unpaired) electrons. The van der Waals surface area contributed by atoms with E-state index >= 15 is 0 Å². The molecule has 64 heavy (non-hydrogen) atoms. The lowest BCUT2D eigenvalue weighted by Crippen LogP contribution is -2.03. The van der Waals surface area contributed by atoms with Crippen LogP contribution in [0.25, 0.3) is 0 Å². The van der Waals surface area contributed by atoms with Gasteiger partial charge in [-0.2, -0.15) is 21.0 Å². The molecular formula is C53H40N4O7. The van der Waals surface area contributed by atoms with E-state index in [0.29, 0.717) is 62.3 Å². The summed E-state index contributed by atoms with van der Waals surface area (Å²) in [7, 11) is 0. The molecule has 314 valence electrons. The summed E-state index contributed by atoms with van der Waals surface area (Å²) in [6, 6.07) is 53.5. The van der Waals surface area contributed by atoms with Gasteiger partial charge in [0.2, 0.25) is 0 Å². The summed E-state index contributed by atoms with van der Waals surface area (Å²) in [4.78, 5) is 0. The highest BCUT2D eigenvalue weighted by molar-refractivity contribution is 5.43. The molecule has 1 N–H and O–H groups in total. The van der Waals surface area contributed by atoms with Crippen LogP contribution < -0.4 is 28.4 Å². The van der Waals surface area contributed by atoms with E-state index in [1.165, 1.54) is 0 Å². The van der Waals surface area contributed by atoms with Gasteiger partial charge in [0, 0.05) is 18.2 Å². The van der Waals surface area contributed by atoms with E-state index in [1.54, 1.807) is 78.9 Å². The third-order valence-corrected chi connectivity index (χ3v) is 9.77. The number of hydrogen-bond acceptors (Lipinski definition) is 11. The van der Waals surface area contributed by atoms with Crippen molar-refractivity contribution in [1.82, 2.24) is 0 Å². The molecule has 7 rings (SSSR count). The maximum Gasteiger partial charge on any atom is 0.123 e. The average Bonchev–Trinajstić information content (AvgIpc) is 3.35. The van der Waals surface area contributed by atoms with Gasteiger partial charge < -0.3 is 33.5 Å². The van der Waals surface area contributed by atoms with Crippen molar-refractivity contribution in [2.75, 3.05) is 0 Å². The fraction of sp³-hybridized carbons (Fsp3) is 0.132. The molecule has 0 amide bonds. The van der Waals surface area contributed by atoms with Crippen molar-refractivity contribution in [2.45, 2.75) is 46.2 Å². The lowest BCUT2D eigenvalue weighted by atomic mass is 10.1. The molecule has 0 aromatic heterocycles. The van der Waals surface area contributed by atoms with Crippen LogP contribution in [0.4, 0.5) is 0 Å². The Bertz CT molecular complexity index is 2500. The molecule has 0 atom stereocenters. The molecule has 0 bridgehead atoms. The molecule has 0 saturated heterocycles. The number of nitrogens with zero attached hydrogens (tertiary/aromatic N) is 4. The molecular weight excluding hydrogens is 805 g/mol. The van der Waals surface area contributed by atoms with E-state index in [4.69, 9.17) is 28.4 Å². The summed E-state index contributed by atoms with van der Waals surface area (Å²) in [5.74, 6) is 3.15.